The third-order valence-electron chi connectivity index (χ3n) is 5.13. The minimum absolute atomic E-state index is 0.101. The van der Waals surface area contributed by atoms with Gasteiger partial charge in [0.1, 0.15) is 0 Å². The first-order valence-corrected chi connectivity index (χ1v) is 7.41. The van der Waals surface area contributed by atoms with Gasteiger partial charge in [0.25, 0.3) is 0 Å². The maximum Gasteiger partial charge on any atom is 0.244 e. The van der Waals surface area contributed by atoms with Gasteiger partial charge in [0, 0.05) is 5.92 Å². The lowest BCUT2D eigenvalue weighted by Gasteiger charge is -2.27. The molecule has 5 rings (SSSR count). The van der Waals surface area contributed by atoms with E-state index in [0.717, 1.165) is 11.5 Å². The number of fused-ring (bicyclic) bond motifs is 6. The van der Waals surface area contributed by atoms with Crippen LogP contribution in [-0.2, 0) is 0 Å². The topological polar surface area (TPSA) is 18.5 Å². The van der Waals surface area contributed by atoms with Crippen LogP contribution in [0.3, 0.4) is 0 Å². The summed E-state index contributed by atoms with van der Waals surface area (Å²) >= 11 is 0. The minimum atomic E-state index is -0.101. The molecule has 0 radical (unpaired) electrons. The second kappa shape index (κ2) is 3.78. The zero-order valence-electron chi connectivity index (χ0n) is 11.2. The van der Waals surface area contributed by atoms with E-state index in [-0.39, 0.29) is 6.29 Å². The average molecular weight is 264 g/mol. The molecule has 3 atom stereocenters. The highest BCUT2D eigenvalue weighted by molar-refractivity contribution is 5.44. The van der Waals surface area contributed by atoms with Gasteiger partial charge in [0.2, 0.25) is 6.29 Å². The van der Waals surface area contributed by atoms with Gasteiger partial charge in [0.05, 0.1) is 0 Å². The first-order valence-electron chi connectivity index (χ1n) is 7.41. The van der Waals surface area contributed by atoms with E-state index in [1.165, 1.54) is 18.4 Å². The van der Waals surface area contributed by atoms with Gasteiger partial charge >= 0.3 is 0 Å². The second-order valence-electron chi connectivity index (χ2n) is 6.12. The van der Waals surface area contributed by atoms with E-state index in [0.29, 0.717) is 17.8 Å². The van der Waals surface area contributed by atoms with Crippen LogP contribution in [0.4, 0.5) is 0 Å². The lowest BCUT2D eigenvalue weighted by Crippen LogP contribution is -2.31. The van der Waals surface area contributed by atoms with E-state index in [4.69, 9.17) is 9.47 Å². The number of hydrogen-bond acceptors (Lipinski definition) is 2. The summed E-state index contributed by atoms with van der Waals surface area (Å²) in [7, 11) is 0. The van der Waals surface area contributed by atoms with Crippen molar-refractivity contribution in [3.05, 3.63) is 59.7 Å². The monoisotopic (exact) mass is 264 g/mol. The summed E-state index contributed by atoms with van der Waals surface area (Å²) in [6.45, 7) is 0. The fraction of sp³-hybridized carbons (Fsp3) is 0.333. The van der Waals surface area contributed by atoms with Crippen LogP contribution in [0.25, 0.3) is 0 Å². The zero-order valence-corrected chi connectivity index (χ0v) is 11.2. The predicted molar refractivity (Wildman–Crippen MR) is 76.1 cm³/mol. The third kappa shape index (κ3) is 1.34. The van der Waals surface area contributed by atoms with Gasteiger partial charge in [-0.05, 0) is 47.9 Å². The number of para-hydroxylation sites is 2. The van der Waals surface area contributed by atoms with Crippen molar-refractivity contribution in [3.8, 4) is 11.5 Å². The lowest BCUT2D eigenvalue weighted by molar-refractivity contribution is -0.00955. The Morgan fingerprint density at radius 1 is 0.750 bits per heavy atom. The van der Waals surface area contributed by atoms with Crippen molar-refractivity contribution in [2.75, 3.05) is 0 Å². The Labute approximate surface area is 118 Å². The van der Waals surface area contributed by atoms with Gasteiger partial charge in [-0.2, -0.15) is 0 Å². The molecule has 0 spiro atoms. The highest BCUT2D eigenvalue weighted by Gasteiger charge is 2.49. The van der Waals surface area contributed by atoms with Crippen LogP contribution in [0.5, 0.6) is 11.5 Å². The largest absolute Gasteiger partial charge is 0.451 e. The van der Waals surface area contributed by atoms with Crippen LogP contribution in [0.2, 0.25) is 0 Å². The smallest absolute Gasteiger partial charge is 0.244 e. The van der Waals surface area contributed by atoms with Crippen molar-refractivity contribution in [3.63, 3.8) is 0 Å². The van der Waals surface area contributed by atoms with Crippen LogP contribution in [0, 0.1) is 5.92 Å². The molecule has 2 heteroatoms. The summed E-state index contributed by atoms with van der Waals surface area (Å²) in [6.07, 6.45) is 2.36. The molecule has 0 amide bonds. The second-order valence-corrected chi connectivity index (χ2v) is 6.12. The van der Waals surface area contributed by atoms with Crippen LogP contribution < -0.4 is 9.47 Å². The number of rotatable bonds is 1. The van der Waals surface area contributed by atoms with Crippen molar-refractivity contribution in [1.82, 2.24) is 0 Å². The summed E-state index contributed by atoms with van der Waals surface area (Å²) in [4.78, 5) is 0. The number of benzene rings is 2. The van der Waals surface area contributed by atoms with Crippen molar-refractivity contribution in [2.24, 2.45) is 5.92 Å². The van der Waals surface area contributed by atoms with Gasteiger partial charge in [-0.1, -0.05) is 36.4 Å². The Morgan fingerprint density at radius 2 is 1.40 bits per heavy atom. The zero-order chi connectivity index (χ0) is 13.1. The number of ether oxygens (including phenoxy) is 2. The molecule has 2 nitrogen and oxygen atoms in total. The molecule has 2 aliphatic carbocycles. The molecule has 1 saturated carbocycles. The number of hydrogen-bond donors (Lipinski definition) is 0. The summed E-state index contributed by atoms with van der Waals surface area (Å²) in [5.41, 5.74) is 3.08. The first-order chi connectivity index (χ1) is 9.90. The Kier molecular flexibility index (Phi) is 2.04. The molecule has 2 bridgehead atoms. The highest BCUT2D eigenvalue weighted by Crippen LogP contribution is 2.58. The summed E-state index contributed by atoms with van der Waals surface area (Å²) < 4.78 is 12.1. The van der Waals surface area contributed by atoms with E-state index in [9.17, 15) is 0 Å². The molecule has 1 fully saturated rings. The quantitative estimate of drug-likeness (QED) is 0.772. The molecule has 1 heterocycles. The molecular weight excluding hydrogens is 248 g/mol. The van der Waals surface area contributed by atoms with Gasteiger partial charge < -0.3 is 9.47 Å². The van der Waals surface area contributed by atoms with E-state index in [2.05, 4.69) is 24.3 Å². The normalized spacial score (nSPS) is 29.7. The summed E-state index contributed by atoms with van der Waals surface area (Å²) in [5.74, 6) is 3.59. The minimum Gasteiger partial charge on any atom is -0.451 e. The maximum absolute atomic E-state index is 6.04. The van der Waals surface area contributed by atoms with Crippen molar-refractivity contribution >= 4 is 0 Å². The molecule has 3 unspecified atom stereocenters. The maximum atomic E-state index is 6.04. The molecule has 0 saturated heterocycles. The van der Waals surface area contributed by atoms with Gasteiger partial charge in [-0.15, -0.1) is 0 Å². The van der Waals surface area contributed by atoms with E-state index in [1.54, 1.807) is 5.56 Å². The van der Waals surface area contributed by atoms with Crippen molar-refractivity contribution < 1.29 is 9.47 Å². The molecule has 20 heavy (non-hydrogen) atoms. The molecule has 2 aromatic rings. The molecule has 1 aliphatic heterocycles. The van der Waals surface area contributed by atoms with Crippen molar-refractivity contribution in [1.29, 1.82) is 0 Å². The molecule has 0 aromatic heterocycles. The fourth-order valence-electron chi connectivity index (χ4n) is 4.30. The molecule has 100 valence electrons. The summed E-state index contributed by atoms with van der Waals surface area (Å²) in [6, 6.07) is 16.9. The Bertz CT molecular complexity index is 654. The van der Waals surface area contributed by atoms with E-state index >= 15 is 0 Å². The predicted octanol–water partition coefficient (Wildman–Crippen LogP) is 4.07. The van der Waals surface area contributed by atoms with Crippen LogP contribution >= 0.6 is 0 Å². The van der Waals surface area contributed by atoms with Crippen molar-refractivity contribution in [2.45, 2.75) is 31.0 Å². The SMILES string of the molecule is c1ccc2c(c1)OC(C1CC3CC1c1ccccc13)O2. The van der Waals surface area contributed by atoms with E-state index in [1.807, 2.05) is 24.3 Å². The molecule has 3 aliphatic rings. The van der Waals surface area contributed by atoms with Gasteiger partial charge in [-0.25, -0.2) is 0 Å². The molecule has 2 aromatic carbocycles. The van der Waals surface area contributed by atoms with Gasteiger partial charge in [-0.3, -0.25) is 0 Å². The Hall–Kier alpha value is -1.96. The van der Waals surface area contributed by atoms with Crippen LogP contribution in [0.15, 0.2) is 48.5 Å². The average Bonchev–Trinajstić information content (AvgIpc) is 3.19. The van der Waals surface area contributed by atoms with Gasteiger partial charge in [0.15, 0.2) is 11.5 Å². The third-order valence-corrected chi connectivity index (χ3v) is 5.13. The Morgan fingerprint density at radius 3 is 2.15 bits per heavy atom. The lowest BCUT2D eigenvalue weighted by atomic mass is 9.83. The Balaban J connectivity index is 1.46. The fourth-order valence-corrected chi connectivity index (χ4v) is 4.30. The van der Waals surface area contributed by atoms with Crippen LogP contribution in [0.1, 0.15) is 35.8 Å². The standard InChI is InChI=1S/C18H16O2/c1-2-6-13-12(5-1)11-9-14(13)15(10-11)18-19-16-7-3-4-8-17(16)20-18/h1-8,11,14-15,18H,9-10H2. The van der Waals surface area contributed by atoms with E-state index < -0.39 is 0 Å². The highest BCUT2D eigenvalue weighted by atomic mass is 16.7. The first kappa shape index (κ1) is 10.8. The molecular formula is C18H16O2. The van der Waals surface area contributed by atoms with Crippen LogP contribution in [-0.4, -0.2) is 6.29 Å². The molecule has 0 N–H and O–H groups in total. The summed E-state index contributed by atoms with van der Waals surface area (Å²) in [5, 5.41) is 0.